The molecule has 0 aliphatic rings. The molecule has 110 valence electrons. The van der Waals surface area contributed by atoms with E-state index in [4.69, 9.17) is 9.68 Å². The maximum Gasteiger partial charge on any atom is 0.348 e. The van der Waals surface area contributed by atoms with Gasteiger partial charge in [0.1, 0.15) is 23.2 Å². The van der Waals surface area contributed by atoms with E-state index in [9.17, 15) is 14.9 Å². The number of nitriles is 1. The molecule has 22 heavy (non-hydrogen) atoms. The second-order valence-electron chi connectivity index (χ2n) is 4.17. The summed E-state index contributed by atoms with van der Waals surface area (Å²) in [5.41, 5.74) is 0.432. The molecule has 1 aromatic carbocycles. The fourth-order valence-electron chi connectivity index (χ4n) is 1.72. The van der Waals surface area contributed by atoms with Gasteiger partial charge >= 0.3 is 5.97 Å². The van der Waals surface area contributed by atoms with Crippen molar-refractivity contribution in [3.8, 4) is 17.4 Å². The van der Waals surface area contributed by atoms with E-state index in [1.807, 2.05) is 0 Å². The average Bonchev–Trinajstić information content (AvgIpc) is 3.00. The number of ether oxygens (including phenoxy) is 1. The molecule has 0 radical (unpaired) electrons. The summed E-state index contributed by atoms with van der Waals surface area (Å²) >= 11 is 0. The van der Waals surface area contributed by atoms with E-state index in [-0.39, 0.29) is 11.3 Å². The number of carbonyl (C=O) groups excluding carboxylic acids is 1. The molecule has 0 bridgehead atoms. The number of furan rings is 1. The number of hydrogen-bond acceptors (Lipinski definition) is 6. The number of esters is 1. The highest BCUT2D eigenvalue weighted by Gasteiger charge is 2.11. The summed E-state index contributed by atoms with van der Waals surface area (Å²) in [6.07, 6.45) is 1.26. The van der Waals surface area contributed by atoms with Crippen LogP contribution in [0.2, 0.25) is 0 Å². The second-order valence-corrected chi connectivity index (χ2v) is 4.17. The van der Waals surface area contributed by atoms with Crippen molar-refractivity contribution in [3.05, 3.63) is 57.8 Å². The molecule has 0 saturated carbocycles. The molecule has 0 amide bonds. The van der Waals surface area contributed by atoms with Crippen LogP contribution < -0.4 is 0 Å². The highest BCUT2D eigenvalue weighted by Crippen LogP contribution is 2.25. The third kappa shape index (κ3) is 3.19. The SMILES string of the molecule is COC(=O)C(C#N)=Cc1ccc(-c2ccc([N+](=O)[O-])cc2)o1. The van der Waals surface area contributed by atoms with Crippen LogP contribution in [0.3, 0.4) is 0 Å². The van der Waals surface area contributed by atoms with Crippen LogP contribution in [-0.2, 0) is 9.53 Å². The zero-order valence-electron chi connectivity index (χ0n) is 11.5. The predicted molar refractivity (Wildman–Crippen MR) is 76.4 cm³/mol. The topological polar surface area (TPSA) is 106 Å². The molecule has 1 heterocycles. The van der Waals surface area contributed by atoms with Crippen LogP contribution >= 0.6 is 0 Å². The number of carbonyl (C=O) groups is 1. The number of nitro groups is 1. The summed E-state index contributed by atoms with van der Waals surface area (Å²) in [5.74, 6) is 0.00870. The van der Waals surface area contributed by atoms with E-state index < -0.39 is 10.9 Å². The molecule has 0 spiro atoms. The molecule has 0 fully saturated rings. The van der Waals surface area contributed by atoms with Crippen molar-refractivity contribution in [2.75, 3.05) is 7.11 Å². The Morgan fingerprint density at radius 1 is 1.32 bits per heavy atom. The van der Waals surface area contributed by atoms with Gasteiger partial charge in [-0.05, 0) is 24.3 Å². The minimum absolute atomic E-state index is 0.0205. The van der Waals surface area contributed by atoms with Crippen molar-refractivity contribution in [3.63, 3.8) is 0 Å². The first-order valence-corrected chi connectivity index (χ1v) is 6.10. The van der Waals surface area contributed by atoms with E-state index in [1.54, 1.807) is 30.3 Å². The van der Waals surface area contributed by atoms with Crippen LogP contribution in [0.25, 0.3) is 17.4 Å². The molecule has 7 heteroatoms. The number of benzene rings is 1. The van der Waals surface area contributed by atoms with Crippen molar-refractivity contribution in [2.24, 2.45) is 0 Å². The van der Waals surface area contributed by atoms with Crippen molar-refractivity contribution in [2.45, 2.75) is 0 Å². The highest BCUT2D eigenvalue weighted by molar-refractivity contribution is 5.97. The van der Waals surface area contributed by atoms with Crippen molar-refractivity contribution in [1.29, 1.82) is 5.26 Å². The van der Waals surface area contributed by atoms with Crippen molar-refractivity contribution in [1.82, 2.24) is 0 Å². The average molecular weight is 298 g/mol. The smallest absolute Gasteiger partial charge is 0.348 e. The molecule has 0 unspecified atom stereocenters. The van der Waals surface area contributed by atoms with E-state index in [2.05, 4.69) is 4.74 Å². The summed E-state index contributed by atoms with van der Waals surface area (Å²) in [7, 11) is 1.18. The van der Waals surface area contributed by atoms with Crippen LogP contribution in [0.1, 0.15) is 5.76 Å². The fourth-order valence-corrected chi connectivity index (χ4v) is 1.72. The van der Waals surface area contributed by atoms with Gasteiger partial charge in [-0.1, -0.05) is 0 Å². The van der Waals surface area contributed by atoms with Gasteiger partial charge in [0.15, 0.2) is 0 Å². The minimum Gasteiger partial charge on any atom is -0.465 e. The molecule has 7 nitrogen and oxygen atoms in total. The number of hydrogen-bond donors (Lipinski definition) is 0. The molecule has 0 atom stereocenters. The third-order valence-corrected chi connectivity index (χ3v) is 2.80. The van der Waals surface area contributed by atoms with Gasteiger partial charge in [0.05, 0.1) is 12.0 Å². The van der Waals surface area contributed by atoms with Crippen molar-refractivity contribution < 1.29 is 18.9 Å². The molecule has 0 N–H and O–H groups in total. The quantitative estimate of drug-likeness (QED) is 0.282. The Labute approximate surface area is 125 Å². The standard InChI is InChI=1S/C15H10N2O5/c1-21-15(18)11(9-16)8-13-6-7-14(22-13)10-2-4-12(5-3-10)17(19)20/h2-8H,1H3. The number of nitro benzene ring substituents is 1. The van der Waals surface area contributed by atoms with Gasteiger partial charge in [0, 0.05) is 23.8 Å². The Bertz CT molecular complexity index is 781. The largest absolute Gasteiger partial charge is 0.465 e. The Kier molecular flexibility index (Phi) is 4.34. The van der Waals surface area contributed by atoms with Crippen LogP contribution in [0, 0.1) is 21.4 Å². The summed E-state index contributed by atoms with van der Waals surface area (Å²) in [4.78, 5) is 21.4. The Morgan fingerprint density at radius 2 is 2.00 bits per heavy atom. The first kappa shape index (κ1) is 15.0. The molecular weight excluding hydrogens is 288 g/mol. The van der Waals surface area contributed by atoms with E-state index >= 15 is 0 Å². The van der Waals surface area contributed by atoms with Gasteiger partial charge in [-0.25, -0.2) is 4.79 Å². The predicted octanol–water partition coefficient (Wildman–Crippen LogP) is 2.93. The fraction of sp³-hybridized carbons (Fsp3) is 0.0667. The lowest BCUT2D eigenvalue weighted by molar-refractivity contribution is -0.384. The molecule has 0 saturated heterocycles. The first-order valence-electron chi connectivity index (χ1n) is 6.10. The van der Waals surface area contributed by atoms with E-state index in [1.165, 1.54) is 25.3 Å². The molecule has 0 aliphatic carbocycles. The first-order chi connectivity index (χ1) is 10.5. The molecule has 0 aliphatic heterocycles. The Balaban J connectivity index is 2.28. The Hall–Kier alpha value is -3.40. The number of rotatable bonds is 4. The molecule has 2 aromatic rings. The maximum absolute atomic E-state index is 11.3. The van der Waals surface area contributed by atoms with Crippen molar-refractivity contribution >= 4 is 17.7 Å². The van der Waals surface area contributed by atoms with E-state index in [0.29, 0.717) is 17.1 Å². The zero-order valence-corrected chi connectivity index (χ0v) is 11.5. The second kappa shape index (κ2) is 6.37. The number of methoxy groups -OCH3 is 1. The zero-order chi connectivity index (χ0) is 16.1. The van der Waals surface area contributed by atoms with Gasteiger partial charge in [0.25, 0.3) is 5.69 Å². The molecule has 2 rings (SSSR count). The van der Waals surface area contributed by atoms with Crippen LogP contribution in [-0.4, -0.2) is 18.0 Å². The maximum atomic E-state index is 11.3. The van der Waals surface area contributed by atoms with E-state index in [0.717, 1.165) is 0 Å². The van der Waals surface area contributed by atoms with Crippen LogP contribution in [0.5, 0.6) is 0 Å². The van der Waals surface area contributed by atoms with Gasteiger partial charge in [-0.15, -0.1) is 0 Å². The number of nitrogens with zero attached hydrogens (tertiary/aromatic N) is 2. The minimum atomic E-state index is -0.754. The molecule has 1 aromatic heterocycles. The summed E-state index contributed by atoms with van der Waals surface area (Å²) in [6, 6.07) is 10.8. The van der Waals surface area contributed by atoms with Crippen LogP contribution in [0.4, 0.5) is 5.69 Å². The van der Waals surface area contributed by atoms with Gasteiger partial charge in [-0.2, -0.15) is 5.26 Å². The van der Waals surface area contributed by atoms with Crippen LogP contribution in [0.15, 0.2) is 46.4 Å². The third-order valence-electron chi connectivity index (χ3n) is 2.80. The van der Waals surface area contributed by atoms with Gasteiger partial charge < -0.3 is 9.15 Å². The lowest BCUT2D eigenvalue weighted by atomic mass is 10.1. The monoisotopic (exact) mass is 298 g/mol. The lowest BCUT2D eigenvalue weighted by Gasteiger charge is -1.97. The van der Waals surface area contributed by atoms with Gasteiger partial charge in [-0.3, -0.25) is 10.1 Å². The lowest BCUT2D eigenvalue weighted by Crippen LogP contribution is -2.02. The van der Waals surface area contributed by atoms with Gasteiger partial charge in [0.2, 0.25) is 0 Å². The summed E-state index contributed by atoms with van der Waals surface area (Å²) in [5, 5.41) is 19.5. The Morgan fingerprint density at radius 3 is 2.55 bits per heavy atom. The highest BCUT2D eigenvalue weighted by atomic mass is 16.6. The summed E-state index contributed by atoms with van der Waals surface area (Å²) in [6.45, 7) is 0. The summed E-state index contributed by atoms with van der Waals surface area (Å²) < 4.78 is 9.96. The number of non-ortho nitro benzene ring substituents is 1. The normalized spacial score (nSPS) is 10.8. The molecular formula is C15H10N2O5.